The third kappa shape index (κ3) is 5.21. The van der Waals surface area contributed by atoms with Crippen LogP contribution in [0.3, 0.4) is 0 Å². The maximum atomic E-state index is 12.2. The Bertz CT molecular complexity index is 719. The number of rotatable bonds is 7. The molecule has 1 aromatic rings. The standard InChI is InChI=1S/C17H18INO5S/c1-3-7-19-16(21)14(25-17(19)22)9-11-5-6-13(12(18)8-11)24-10-15(20)23-4-2/h5-6,8-9H,3-4,7,10H2,1-2H3/b14-9+. The van der Waals surface area contributed by atoms with Crippen LogP contribution >= 0.6 is 34.4 Å². The van der Waals surface area contributed by atoms with Crippen LogP contribution in [0.5, 0.6) is 5.75 Å². The lowest BCUT2D eigenvalue weighted by Gasteiger charge is -2.10. The van der Waals surface area contributed by atoms with Crippen molar-refractivity contribution in [1.82, 2.24) is 4.90 Å². The molecule has 1 heterocycles. The number of carbonyl (C=O) groups excluding carboxylic acids is 3. The summed E-state index contributed by atoms with van der Waals surface area (Å²) in [5, 5.41) is -0.234. The Kier molecular flexibility index (Phi) is 7.30. The van der Waals surface area contributed by atoms with Gasteiger partial charge in [-0.25, -0.2) is 4.79 Å². The SMILES string of the molecule is CCCN1C(=O)S/C(=C/c2ccc(OCC(=O)OCC)c(I)c2)C1=O. The lowest BCUT2D eigenvalue weighted by molar-refractivity contribution is -0.145. The molecule has 25 heavy (non-hydrogen) atoms. The lowest BCUT2D eigenvalue weighted by atomic mass is 10.2. The second-order valence-corrected chi connectivity index (χ2v) is 7.27. The van der Waals surface area contributed by atoms with Gasteiger partial charge in [-0.15, -0.1) is 0 Å². The van der Waals surface area contributed by atoms with Crippen molar-refractivity contribution in [1.29, 1.82) is 0 Å². The van der Waals surface area contributed by atoms with Crippen LogP contribution in [-0.4, -0.2) is 41.8 Å². The highest BCUT2D eigenvalue weighted by Gasteiger charge is 2.34. The Labute approximate surface area is 164 Å². The number of halogens is 1. The van der Waals surface area contributed by atoms with Crippen molar-refractivity contribution in [3.8, 4) is 5.75 Å². The van der Waals surface area contributed by atoms with Gasteiger partial charge in [0.15, 0.2) is 6.61 Å². The monoisotopic (exact) mass is 475 g/mol. The molecule has 0 spiro atoms. The molecule has 6 nitrogen and oxygen atoms in total. The van der Waals surface area contributed by atoms with Gasteiger partial charge in [0.05, 0.1) is 15.1 Å². The highest BCUT2D eigenvalue weighted by atomic mass is 127. The summed E-state index contributed by atoms with van der Waals surface area (Å²) in [7, 11) is 0. The van der Waals surface area contributed by atoms with Gasteiger partial charge in [-0.2, -0.15) is 0 Å². The van der Waals surface area contributed by atoms with Crippen LogP contribution in [0.2, 0.25) is 0 Å². The summed E-state index contributed by atoms with van der Waals surface area (Å²) in [5.74, 6) is -0.119. The first kappa shape index (κ1) is 19.8. The highest BCUT2D eigenvalue weighted by molar-refractivity contribution is 14.1. The van der Waals surface area contributed by atoms with Crippen LogP contribution in [0.15, 0.2) is 23.1 Å². The zero-order valence-corrected chi connectivity index (χ0v) is 16.9. The molecule has 1 saturated heterocycles. The number of hydrogen-bond donors (Lipinski definition) is 0. The van der Waals surface area contributed by atoms with Gasteiger partial charge >= 0.3 is 5.97 Å². The van der Waals surface area contributed by atoms with E-state index in [0.29, 0.717) is 23.8 Å². The quantitative estimate of drug-likeness (QED) is 0.341. The zero-order valence-electron chi connectivity index (χ0n) is 13.9. The number of carbonyl (C=O) groups is 3. The minimum absolute atomic E-state index is 0.154. The third-order valence-electron chi connectivity index (χ3n) is 3.23. The van der Waals surface area contributed by atoms with Crippen LogP contribution < -0.4 is 4.74 Å². The summed E-state index contributed by atoms with van der Waals surface area (Å²) < 4.78 is 11.0. The number of benzene rings is 1. The first-order valence-electron chi connectivity index (χ1n) is 7.79. The van der Waals surface area contributed by atoms with Crippen LogP contribution in [0.25, 0.3) is 6.08 Å². The maximum absolute atomic E-state index is 12.2. The van der Waals surface area contributed by atoms with Gasteiger partial charge in [-0.1, -0.05) is 13.0 Å². The number of hydrogen-bond acceptors (Lipinski definition) is 6. The topological polar surface area (TPSA) is 72.9 Å². The average Bonchev–Trinajstić information content (AvgIpc) is 2.82. The molecule has 0 saturated carbocycles. The molecule has 8 heteroatoms. The minimum atomic E-state index is -0.424. The van der Waals surface area contributed by atoms with E-state index in [9.17, 15) is 14.4 Å². The second-order valence-electron chi connectivity index (χ2n) is 5.12. The molecule has 1 fully saturated rings. The van der Waals surface area contributed by atoms with Gasteiger partial charge in [0.2, 0.25) is 0 Å². The molecule has 1 aromatic carbocycles. The van der Waals surface area contributed by atoms with Gasteiger partial charge < -0.3 is 9.47 Å². The van der Waals surface area contributed by atoms with Crippen LogP contribution in [0, 0.1) is 3.57 Å². The Morgan fingerprint density at radius 1 is 1.32 bits per heavy atom. The van der Waals surface area contributed by atoms with Crippen molar-refractivity contribution in [2.75, 3.05) is 19.8 Å². The highest BCUT2D eigenvalue weighted by Crippen LogP contribution is 2.33. The molecule has 0 aromatic heterocycles. The number of ether oxygens (including phenoxy) is 2. The minimum Gasteiger partial charge on any atom is -0.481 e. The van der Waals surface area contributed by atoms with E-state index in [0.717, 1.165) is 27.3 Å². The largest absolute Gasteiger partial charge is 0.481 e. The molecule has 0 N–H and O–H groups in total. The summed E-state index contributed by atoms with van der Waals surface area (Å²) in [5.41, 5.74) is 0.787. The molecule has 134 valence electrons. The van der Waals surface area contributed by atoms with Gasteiger partial charge in [0.25, 0.3) is 11.1 Å². The van der Waals surface area contributed by atoms with Gasteiger partial charge in [-0.05, 0) is 71.5 Å². The Morgan fingerprint density at radius 2 is 2.08 bits per heavy atom. The van der Waals surface area contributed by atoms with Crippen molar-refractivity contribution < 1.29 is 23.9 Å². The van der Waals surface area contributed by atoms with E-state index in [-0.39, 0.29) is 17.8 Å². The molecular weight excluding hydrogens is 457 g/mol. The first-order chi connectivity index (χ1) is 12.0. The first-order valence-corrected chi connectivity index (χ1v) is 9.69. The predicted molar refractivity (Wildman–Crippen MR) is 104 cm³/mol. The fourth-order valence-corrected chi connectivity index (χ4v) is 3.69. The van der Waals surface area contributed by atoms with E-state index < -0.39 is 5.97 Å². The fraction of sp³-hybridized carbons (Fsp3) is 0.353. The van der Waals surface area contributed by atoms with E-state index in [4.69, 9.17) is 9.47 Å². The summed E-state index contributed by atoms with van der Waals surface area (Å²) >= 11 is 3.04. The third-order valence-corrected chi connectivity index (χ3v) is 4.98. The van der Waals surface area contributed by atoms with E-state index >= 15 is 0 Å². The molecule has 2 amide bonds. The molecule has 0 radical (unpaired) electrons. The zero-order chi connectivity index (χ0) is 18.4. The van der Waals surface area contributed by atoms with E-state index in [1.807, 2.05) is 13.0 Å². The molecule has 1 aliphatic heterocycles. The van der Waals surface area contributed by atoms with E-state index in [1.165, 1.54) is 4.90 Å². The van der Waals surface area contributed by atoms with Crippen LogP contribution in [0.1, 0.15) is 25.8 Å². The predicted octanol–water partition coefficient (Wildman–Crippen LogP) is 3.68. The van der Waals surface area contributed by atoms with Crippen molar-refractivity contribution in [2.24, 2.45) is 0 Å². The van der Waals surface area contributed by atoms with Gasteiger partial charge in [0, 0.05) is 6.54 Å². The number of imide groups is 1. The normalized spacial score (nSPS) is 15.8. The number of esters is 1. The molecule has 0 unspecified atom stereocenters. The number of nitrogens with zero attached hydrogens (tertiary/aromatic N) is 1. The van der Waals surface area contributed by atoms with Gasteiger partial charge in [0.1, 0.15) is 5.75 Å². The fourth-order valence-electron chi connectivity index (χ4n) is 2.13. The smallest absolute Gasteiger partial charge is 0.344 e. The Balaban J connectivity index is 2.09. The van der Waals surface area contributed by atoms with Crippen LogP contribution in [0.4, 0.5) is 4.79 Å². The van der Waals surface area contributed by atoms with Crippen molar-refractivity contribution in [3.05, 3.63) is 32.2 Å². The summed E-state index contributed by atoms with van der Waals surface area (Å²) in [6.45, 7) is 4.24. The number of thioether (sulfide) groups is 1. The molecule has 2 rings (SSSR count). The molecule has 0 bridgehead atoms. The molecular formula is C17H18INO5S. The maximum Gasteiger partial charge on any atom is 0.344 e. The molecule has 0 atom stereocenters. The molecule has 0 aliphatic carbocycles. The van der Waals surface area contributed by atoms with E-state index in [1.54, 1.807) is 25.1 Å². The Hall–Kier alpha value is -1.55. The average molecular weight is 475 g/mol. The van der Waals surface area contributed by atoms with Crippen molar-refractivity contribution in [2.45, 2.75) is 20.3 Å². The van der Waals surface area contributed by atoms with E-state index in [2.05, 4.69) is 22.6 Å². The Morgan fingerprint density at radius 3 is 2.72 bits per heavy atom. The summed E-state index contributed by atoms with van der Waals surface area (Å²) in [4.78, 5) is 37.1. The second kappa shape index (κ2) is 9.23. The van der Waals surface area contributed by atoms with Crippen molar-refractivity contribution >= 4 is 57.5 Å². The van der Waals surface area contributed by atoms with Crippen molar-refractivity contribution in [3.63, 3.8) is 0 Å². The lowest BCUT2D eigenvalue weighted by Crippen LogP contribution is -2.28. The van der Waals surface area contributed by atoms with Crippen LogP contribution in [-0.2, 0) is 14.3 Å². The van der Waals surface area contributed by atoms with Gasteiger partial charge in [-0.3, -0.25) is 14.5 Å². The number of amides is 2. The summed E-state index contributed by atoms with van der Waals surface area (Å²) in [6.07, 6.45) is 2.42. The summed E-state index contributed by atoms with van der Waals surface area (Å²) in [6, 6.07) is 5.33. The molecule has 1 aliphatic rings.